The summed E-state index contributed by atoms with van der Waals surface area (Å²) >= 11 is 0. The van der Waals surface area contributed by atoms with E-state index in [4.69, 9.17) is 4.74 Å². The molecule has 31 heavy (non-hydrogen) atoms. The Bertz CT molecular complexity index is 1030. The molecule has 2 saturated heterocycles. The lowest BCUT2D eigenvalue weighted by molar-refractivity contribution is -0.129. The van der Waals surface area contributed by atoms with Crippen LogP contribution in [0.2, 0.25) is 0 Å². The van der Waals surface area contributed by atoms with E-state index in [0.717, 1.165) is 12.0 Å². The molecule has 1 aliphatic carbocycles. The topological polar surface area (TPSA) is 82.2 Å². The van der Waals surface area contributed by atoms with Gasteiger partial charge in [0.25, 0.3) is 5.91 Å². The summed E-state index contributed by atoms with van der Waals surface area (Å²) in [5.74, 6) is 0.553. The molecule has 3 fully saturated rings. The second-order valence-electron chi connectivity index (χ2n) is 8.10. The first-order valence-corrected chi connectivity index (χ1v) is 10.5. The number of rotatable bonds is 4. The van der Waals surface area contributed by atoms with E-state index in [1.165, 1.54) is 4.90 Å². The van der Waals surface area contributed by atoms with Gasteiger partial charge >= 0.3 is 12.1 Å². The van der Waals surface area contributed by atoms with E-state index < -0.39 is 6.04 Å². The van der Waals surface area contributed by atoms with Crippen LogP contribution in [0.15, 0.2) is 54.6 Å². The Kier molecular flexibility index (Phi) is 4.77. The largest absolute Gasteiger partial charge is 0.495 e. The van der Waals surface area contributed by atoms with Crippen molar-refractivity contribution in [2.45, 2.75) is 24.4 Å². The van der Waals surface area contributed by atoms with Crippen molar-refractivity contribution in [2.75, 3.05) is 32.1 Å². The molecular weight excluding hydrogens is 396 g/mol. The summed E-state index contributed by atoms with van der Waals surface area (Å²) in [6.07, 6.45) is 0.792. The molecule has 0 bridgehead atoms. The minimum Gasteiger partial charge on any atom is -0.495 e. The van der Waals surface area contributed by atoms with Crippen LogP contribution in [0.4, 0.5) is 15.3 Å². The molecule has 2 aliphatic heterocycles. The molecule has 3 atom stereocenters. The average Bonchev–Trinajstić information content (AvgIpc) is 3.55. The molecule has 0 aromatic heterocycles. The molecule has 5 amide bonds. The first-order valence-electron chi connectivity index (χ1n) is 10.5. The Labute approximate surface area is 180 Å². The Morgan fingerprint density at radius 1 is 1.03 bits per heavy atom. The fourth-order valence-electron chi connectivity index (χ4n) is 4.57. The highest BCUT2D eigenvalue weighted by Crippen LogP contribution is 2.46. The summed E-state index contributed by atoms with van der Waals surface area (Å²) in [5, 5.41) is 2.85. The fraction of sp³-hybridized carbons (Fsp3) is 0.348. The third-order valence-corrected chi connectivity index (χ3v) is 6.31. The van der Waals surface area contributed by atoms with E-state index in [9.17, 15) is 14.4 Å². The summed E-state index contributed by atoms with van der Waals surface area (Å²) in [6.45, 7) is 0.899. The molecule has 1 N–H and O–H groups in total. The maximum absolute atomic E-state index is 13.1. The van der Waals surface area contributed by atoms with Crippen LogP contribution in [0.25, 0.3) is 0 Å². The van der Waals surface area contributed by atoms with Gasteiger partial charge in [-0.3, -0.25) is 9.69 Å². The summed E-state index contributed by atoms with van der Waals surface area (Å²) in [7, 11) is 1.54. The number of methoxy groups -OCH3 is 1. The highest BCUT2D eigenvalue weighted by atomic mass is 16.5. The number of amides is 5. The van der Waals surface area contributed by atoms with Gasteiger partial charge in [-0.05, 0) is 24.1 Å². The molecule has 2 aromatic rings. The van der Waals surface area contributed by atoms with Crippen LogP contribution in [-0.2, 0) is 4.79 Å². The van der Waals surface area contributed by atoms with Crippen molar-refractivity contribution in [1.82, 2.24) is 14.7 Å². The summed E-state index contributed by atoms with van der Waals surface area (Å²) in [5.41, 5.74) is 1.72. The van der Waals surface area contributed by atoms with Crippen LogP contribution in [0.3, 0.4) is 0 Å². The number of imide groups is 1. The van der Waals surface area contributed by atoms with Crippen LogP contribution < -0.4 is 10.1 Å². The number of carbonyl (C=O) groups is 3. The van der Waals surface area contributed by atoms with E-state index >= 15 is 0 Å². The second kappa shape index (κ2) is 7.61. The number of nitrogens with zero attached hydrogens (tertiary/aromatic N) is 3. The first kappa shape index (κ1) is 19.4. The van der Waals surface area contributed by atoms with Crippen LogP contribution in [0, 0.1) is 0 Å². The molecule has 0 radical (unpaired) electrons. The zero-order valence-corrected chi connectivity index (χ0v) is 17.2. The molecule has 2 heterocycles. The number of carbonyl (C=O) groups excluding carboxylic acids is 3. The normalized spacial score (nSPS) is 24.8. The number of piperazine rings is 1. The molecule has 8 heteroatoms. The van der Waals surface area contributed by atoms with E-state index in [-0.39, 0.29) is 36.5 Å². The molecule has 8 nitrogen and oxygen atoms in total. The minimum atomic E-state index is -0.623. The lowest BCUT2D eigenvalue weighted by atomic mass is 10.1. The molecule has 0 spiro atoms. The van der Waals surface area contributed by atoms with Crippen molar-refractivity contribution < 1.29 is 19.1 Å². The van der Waals surface area contributed by atoms with Gasteiger partial charge in [-0.25, -0.2) is 9.59 Å². The predicted octanol–water partition coefficient (Wildman–Crippen LogP) is 2.73. The lowest BCUT2D eigenvalue weighted by Crippen LogP contribution is -2.55. The van der Waals surface area contributed by atoms with Crippen molar-refractivity contribution in [2.24, 2.45) is 0 Å². The number of ether oxygens (including phenoxy) is 1. The second-order valence-corrected chi connectivity index (χ2v) is 8.10. The Morgan fingerprint density at radius 2 is 1.77 bits per heavy atom. The van der Waals surface area contributed by atoms with E-state index in [1.807, 2.05) is 42.5 Å². The molecule has 160 valence electrons. The standard InChI is InChI=1S/C23H24N4O4/c1-31-20-10-6-5-9-17(20)24-22(29)25-11-12-26-19(14-25)21(28)27(23(26)30)18-13-16(18)15-7-3-2-4-8-15/h2-10,16,18-19H,11-14H2,1H3,(H,24,29)/t16-,18+,19?/m0/s1. The van der Waals surface area contributed by atoms with Gasteiger partial charge in [-0.15, -0.1) is 0 Å². The minimum absolute atomic E-state index is 0.0937. The van der Waals surface area contributed by atoms with Gasteiger partial charge < -0.3 is 19.9 Å². The van der Waals surface area contributed by atoms with Crippen LogP contribution >= 0.6 is 0 Å². The van der Waals surface area contributed by atoms with Crippen molar-refractivity contribution in [3.05, 3.63) is 60.2 Å². The van der Waals surface area contributed by atoms with Crippen LogP contribution in [-0.4, -0.2) is 71.5 Å². The highest BCUT2D eigenvalue weighted by Gasteiger charge is 2.56. The van der Waals surface area contributed by atoms with Crippen LogP contribution in [0.5, 0.6) is 5.75 Å². The lowest BCUT2D eigenvalue weighted by Gasteiger charge is -2.35. The number of para-hydroxylation sites is 2. The summed E-state index contributed by atoms with van der Waals surface area (Å²) in [6, 6.07) is 15.9. The number of fused-ring (bicyclic) bond motifs is 1. The zero-order valence-electron chi connectivity index (χ0n) is 17.2. The van der Waals surface area contributed by atoms with Crippen molar-refractivity contribution in [1.29, 1.82) is 0 Å². The Balaban J connectivity index is 1.27. The third kappa shape index (κ3) is 3.37. The van der Waals surface area contributed by atoms with Crippen molar-refractivity contribution in [3.63, 3.8) is 0 Å². The number of hydrogen-bond donors (Lipinski definition) is 1. The zero-order chi connectivity index (χ0) is 21.5. The molecule has 5 rings (SSSR count). The van der Waals surface area contributed by atoms with Gasteiger partial charge in [0.05, 0.1) is 19.3 Å². The van der Waals surface area contributed by atoms with Gasteiger partial charge in [0.2, 0.25) is 0 Å². The van der Waals surface area contributed by atoms with E-state index in [0.29, 0.717) is 24.5 Å². The first-order chi connectivity index (χ1) is 15.1. The predicted molar refractivity (Wildman–Crippen MR) is 114 cm³/mol. The maximum Gasteiger partial charge on any atom is 0.327 e. The molecule has 2 aromatic carbocycles. The quantitative estimate of drug-likeness (QED) is 0.771. The van der Waals surface area contributed by atoms with Crippen molar-refractivity contribution in [3.8, 4) is 5.75 Å². The number of hydrogen-bond acceptors (Lipinski definition) is 4. The maximum atomic E-state index is 13.1. The van der Waals surface area contributed by atoms with Gasteiger partial charge in [0, 0.05) is 25.0 Å². The number of anilines is 1. The summed E-state index contributed by atoms with van der Waals surface area (Å²) in [4.78, 5) is 43.5. The smallest absolute Gasteiger partial charge is 0.327 e. The average molecular weight is 420 g/mol. The molecular formula is C23H24N4O4. The molecule has 1 unspecified atom stereocenters. The fourth-order valence-corrected chi connectivity index (χ4v) is 4.57. The summed E-state index contributed by atoms with van der Waals surface area (Å²) < 4.78 is 5.28. The number of benzene rings is 2. The van der Waals surface area contributed by atoms with E-state index in [1.54, 1.807) is 29.0 Å². The number of urea groups is 2. The van der Waals surface area contributed by atoms with Gasteiger partial charge in [0.15, 0.2) is 0 Å². The van der Waals surface area contributed by atoms with Crippen LogP contribution in [0.1, 0.15) is 17.9 Å². The SMILES string of the molecule is COc1ccccc1NC(=O)N1CCN2C(=O)N([C@@H]3C[C@H]3c3ccccc3)C(=O)C2C1. The van der Waals surface area contributed by atoms with Gasteiger partial charge in [0.1, 0.15) is 11.8 Å². The van der Waals surface area contributed by atoms with Crippen molar-refractivity contribution >= 4 is 23.7 Å². The Morgan fingerprint density at radius 3 is 2.55 bits per heavy atom. The number of nitrogens with one attached hydrogen (secondary N) is 1. The van der Waals surface area contributed by atoms with Gasteiger partial charge in [-0.2, -0.15) is 0 Å². The van der Waals surface area contributed by atoms with E-state index in [2.05, 4.69) is 5.32 Å². The third-order valence-electron chi connectivity index (χ3n) is 6.31. The highest BCUT2D eigenvalue weighted by molar-refractivity contribution is 6.05. The molecule has 1 saturated carbocycles. The molecule has 3 aliphatic rings. The monoisotopic (exact) mass is 420 g/mol. The van der Waals surface area contributed by atoms with Gasteiger partial charge in [-0.1, -0.05) is 42.5 Å². The Hall–Kier alpha value is -3.55.